The monoisotopic (exact) mass is 324 g/mol. The molecule has 24 heavy (non-hydrogen) atoms. The molecule has 0 spiro atoms. The number of hydrogen-bond acceptors (Lipinski definition) is 3. The molecule has 0 radical (unpaired) electrons. The molecule has 0 saturated heterocycles. The van der Waals surface area contributed by atoms with Gasteiger partial charge in [-0.25, -0.2) is 4.99 Å². The minimum Gasteiger partial charge on any atom is -0.350 e. The van der Waals surface area contributed by atoms with Crippen LogP contribution in [0.2, 0.25) is 0 Å². The van der Waals surface area contributed by atoms with E-state index in [0.717, 1.165) is 43.5 Å². The van der Waals surface area contributed by atoms with Gasteiger partial charge in [-0.15, -0.1) is 0 Å². The summed E-state index contributed by atoms with van der Waals surface area (Å²) in [5.74, 6) is 1.50. The topological polar surface area (TPSA) is 78.4 Å². The third-order valence-corrected chi connectivity index (χ3v) is 4.86. The minimum atomic E-state index is 0.0485. The highest BCUT2D eigenvalue weighted by molar-refractivity contribution is 5.92. The van der Waals surface area contributed by atoms with Crippen LogP contribution in [0.5, 0.6) is 0 Å². The predicted octanol–water partition coefficient (Wildman–Crippen LogP) is 3.52. The van der Waals surface area contributed by atoms with Gasteiger partial charge >= 0.3 is 0 Å². The van der Waals surface area contributed by atoms with Crippen LogP contribution in [0.25, 0.3) is 0 Å². The fraction of sp³-hybridized carbons (Fsp3) is 0.556. The molecule has 0 amide bonds. The van der Waals surface area contributed by atoms with Crippen molar-refractivity contribution in [1.29, 1.82) is 5.26 Å². The fourth-order valence-electron chi connectivity index (χ4n) is 3.27. The largest absolute Gasteiger partial charge is 0.350 e. The first-order chi connectivity index (χ1) is 11.8. The Balaban J connectivity index is 1.54. The number of nitrogens with one attached hydrogen (secondary N) is 1. The number of aromatic nitrogens is 2. The Morgan fingerprint density at radius 2 is 2.29 bits per heavy atom. The molecule has 1 aromatic heterocycles. The van der Waals surface area contributed by atoms with Crippen LogP contribution in [-0.4, -0.2) is 22.0 Å². The van der Waals surface area contributed by atoms with Crippen LogP contribution in [0.3, 0.4) is 0 Å². The summed E-state index contributed by atoms with van der Waals surface area (Å²) >= 11 is 0. The first-order valence-electron chi connectivity index (χ1n) is 8.67. The summed E-state index contributed by atoms with van der Waals surface area (Å²) < 4.78 is 2.08. The smallest absolute Gasteiger partial charge is 0.112 e. The van der Waals surface area contributed by atoms with Crippen LogP contribution < -0.4 is 5.32 Å². The van der Waals surface area contributed by atoms with Gasteiger partial charge in [0.15, 0.2) is 0 Å². The van der Waals surface area contributed by atoms with Crippen molar-refractivity contribution in [2.24, 2.45) is 15.9 Å². The predicted molar refractivity (Wildman–Crippen MR) is 94.7 cm³/mol. The van der Waals surface area contributed by atoms with Crippen LogP contribution in [0.1, 0.15) is 63.1 Å². The average molecular weight is 324 g/mol. The minimum absolute atomic E-state index is 0.0485. The van der Waals surface area contributed by atoms with Gasteiger partial charge in [0.1, 0.15) is 12.2 Å². The normalized spacial score (nSPS) is 26.6. The molecule has 1 N–H and O–H groups in total. The summed E-state index contributed by atoms with van der Waals surface area (Å²) in [7, 11) is 0. The van der Waals surface area contributed by atoms with Crippen molar-refractivity contribution in [3.05, 3.63) is 30.2 Å². The fourth-order valence-corrected chi connectivity index (χ4v) is 3.27. The Labute approximate surface area is 143 Å². The molecule has 6 heteroatoms. The van der Waals surface area contributed by atoms with Crippen LogP contribution in [0.15, 0.2) is 34.7 Å². The van der Waals surface area contributed by atoms with Gasteiger partial charge in [-0.3, -0.25) is 9.67 Å². The van der Waals surface area contributed by atoms with Gasteiger partial charge in [-0.1, -0.05) is 6.08 Å². The zero-order valence-corrected chi connectivity index (χ0v) is 14.1. The van der Waals surface area contributed by atoms with Gasteiger partial charge in [0.05, 0.1) is 24.3 Å². The van der Waals surface area contributed by atoms with Crippen LogP contribution in [0, 0.1) is 17.2 Å². The van der Waals surface area contributed by atoms with Gasteiger partial charge in [-0.05, 0) is 44.7 Å². The first kappa shape index (κ1) is 16.4. The molecule has 0 aromatic carbocycles. The Kier molecular flexibility index (Phi) is 5.42. The quantitative estimate of drug-likeness (QED) is 0.665. The van der Waals surface area contributed by atoms with Gasteiger partial charge in [0.25, 0.3) is 0 Å². The molecule has 1 aliphatic heterocycles. The molecular weight excluding hydrogens is 300 g/mol. The molecule has 1 fully saturated rings. The van der Waals surface area contributed by atoms with E-state index in [9.17, 15) is 0 Å². The molecule has 6 nitrogen and oxygen atoms in total. The maximum Gasteiger partial charge on any atom is 0.112 e. The number of aliphatic imine (C=N–C) groups is 2. The summed E-state index contributed by atoms with van der Waals surface area (Å²) in [6.45, 7) is 2.06. The number of nitrogens with zero attached hydrogens (tertiary/aromatic N) is 5. The molecule has 2 heterocycles. The van der Waals surface area contributed by atoms with Crippen molar-refractivity contribution in [2.45, 2.75) is 57.5 Å². The number of nitriles is 1. The van der Waals surface area contributed by atoms with Crippen LogP contribution >= 0.6 is 0 Å². The van der Waals surface area contributed by atoms with E-state index in [1.807, 2.05) is 18.5 Å². The highest BCUT2D eigenvalue weighted by Gasteiger charge is 2.23. The summed E-state index contributed by atoms with van der Waals surface area (Å²) in [5.41, 5.74) is 1.11. The van der Waals surface area contributed by atoms with E-state index in [0.29, 0.717) is 18.4 Å². The SMILES string of the molecule is CC(N=CN=C1CC=CN1)c1cnn(C2CCC(CC#N)CC2)c1. The second-order valence-corrected chi connectivity index (χ2v) is 6.56. The molecule has 1 unspecified atom stereocenters. The van der Waals surface area contributed by atoms with Crippen molar-refractivity contribution in [2.75, 3.05) is 0 Å². The van der Waals surface area contributed by atoms with Crippen molar-refractivity contribution < 1.29 is 0 Å². The lowest BCUT2D eigenvalue weighted by Gasteiger charge is -2.27. The van der Waals surface area contributed by atoms with E-state index in [1.165, 1.54) is 0 Å². The van der Waals surface area contributed by atoms with Crippen molar-refractivity contribution in [3.8, 4) is 6.07 Å². The third kappa shape index (κ3) is 4.10. The number of rotatable bonds is 5. The molecule has 1 saturated carbocycles. The highest BCUT2D eigenvalue weighted by atomic mass is 15.3. The van der Waals surface area contributed by atoms with E-state index in [4.69, 9.17) is 5.26 Å². The van der Waals surface area contributed by atoms with Crippen LogP contribution in [0.4, 0.5) is 0 Å². The second-order valence-electron chi connectivity index (χ2n) is 6.56. The van der Waals surface area contributed by atoms with Crippen molar-refractivity contribution in [1.82, 2.24) is 15.1 Å². The van der Waals surface area contributed by atoms with E-state index in [1.54, 1.807) is 6.34 Å². The maximum absolute atomic E-state index is 8.81. The molecular formula is C18H24N6. The lowest BCUT2D eigenvalue weighted by Crippen LogP contribution is -2.18. The molecule has 1 aromatic rings. The van der Waals surface area contributed by atoms with Gasteiger partial charge in [-0.2, -0.15) is 10.4 Å². The van der Waals surface area contributed by atoms with E-state index in [-0.39, 0.29) is 6.04 Å². The number of amidine groups is 1. The summed E-state index contributed by atoms with van der Waals surface area (Å²) in [4.78, 5) is 8.79. The highest BCUT2D eigenvalue weighted by Crippen LogP contribution is 2.33. The zero-order chi connectivity index (χ0) is 16.8. The second kappa shape index (κ2) is 7.91. The summed E-state index contributed by atoms with van der Waals surface area (Å²) in [6.07, 6.45) is 15.6. The lowest BCUT2D eigenvalue weighted by atomic mass is 9.84. The average Bonchev–Trinajstić information content (AvgIpc) is 3.27. The maximum atomic E-state index is 8.81. The Morgan fingerprint density at radius 3 is 3.00 bits per heavy atom. The Hall–Kier alpha value is -2.42. The molecule has 1 atom stereocenters. The Bertz CT molecular complexity index is 660. The van der Waals surface area contributed by atoms with Crippen molar-refractivity contribution in [3.63, 3.8) is 0 Å². The lowest BCUT2D eigenvalue weighted by molar-refractivity contribution is 0.263. The summed E-state index contributed by atoms with van der Waals surface area (Å²) in [5, 5.41) is 16.4. The van der Waals surface area contributed by atoms with E-state index in [2.05, 4.69) is 44.3 Å². The molecule has 0 bridgehead atoms. The van der Waals surface area contributed by atoms with Crippen molar-refractivity contribution >= 4 is 12.2 Å². The standard InChI is InChI=1S/C18H24N6/c1-14(21-13-22-18-3-2-10-20-18)16-11-23-24(12-16)17-6-4-15(5-7-17)8-9-19/h2,10-15,17H,3-8H2,1H3,(H,20,21,22). The first-order valence-corrected chi connectivity index (χ1v) is 8.67. The van der Waals surface area contributed by atoms with Gasteiger partial charge in [0.2, 0.25) is 0 Å². The molecule has 1 aliphatic carbocycles. The van der Waals surface area contributed by atoms with Crippen LogP contribution in [-0.2, 0) is 0 Å². The molecule has 3 rings (SSSR count). The third-order valence-electron chi connectivity index (χ3n) is 4.86. The van der Waals surface area contributed by atoms with E-state index < -0.39 is 0 Å². The van der Waals surface area contributed by atoms with E-state index >= 15 is 0 Å². The van der Waals surface area contributed by atoms with Gasteiger partial charge < -0.3 is 5.32 Å². The molecule has 126 valence electrons. The van der Waals surface area contributed by atoms with Gasteiger partial charge in [0, 0.05) is 24.6 Å². The zero-order valence-electron chi connectivity index (χ0n) is 14.1. The summed E-state index contributed by atoms with van der Waals surface area (Å²) in [6, 6.07) is 2.80. The Morgan fingerprint density at radius 1 is 1.46 bits per heavy atom. The molecule has 2 aliphatic rings. The number of hydrogen-bond donors (Lipinski definition) is 1.